The van der Waals surface area contributed by atoms with Gasteiger partial charge in [0.05, 0.1) is 12.2 Å². The van der Waals surface area contributed by atoms with Crippen LogP contribution in [0.15, 0.2) is 29.3 Å². The molecule has 1 aromatic carbocycles. The van der Waals surface area contributed by atoms with Crippen molar-refractivity contribution < 1.29 is 0 Å². The Labute approximate surface area is 145 Å². The molecular weight excluding hydrogens is 298 g/mol. The fraction of sp³-hybridized carbons (Fsp3) is 0.474. The third kappa shape index (κ3) is 4.85. The third-order valence-electron chi connectivity index (χ3n) is 4.23. The van der Waals surface area contributed by atoms with Crippen LogP contribution in [-0.2, 0) is 20.0 Å². The molecule has 0 atom stereocenters. The number of guanidine groups is 1. The van der Waals surface area contributed by atoms with Crippen LogP contribution in [0.1, 0.15) is 35.0 Å². The highest BCUT2D eigenvalue weighted by molar-refractivity contribution is 5.79. The van der Waals surface area contributed by atoms with Crippen molar-refractivity contribution in [1.29, 1.82) is 0 Å². The Bertz CT molecular complexity index is 683. The summed E-state index contributed by atoms with van der Waals surface area (Å²) in [6.07, 6.45) is 0.982. The van der Waals surface area contributed by atoms with Crippen LogP contribution in [0.2, 0.25) is 0 Å². The minimum absolute atomic E-state index is 0.644. The predicted molar refractivity (Wildman–Crippen MR) is 100 cm³/mol. The zero-order valence-electron chi connectivity index (χ0n) is 15.5. The molecule has 130 valence electrons. The fourth-order valence-corrected chi connectivity index (χ4v) is 2.63. The zero-order chi connectivity index (χ0) is 17.5. The molecule has 0 aliphatic heterocycles. The van der Waals surface area contributed by atoms with Gasteiger partial charge in [-0.05, 0) is 39.7 Å². The lowest BCUT2D eigenvalue weighted by Crippen LogP contribution is -2.38. The molecule has 1 heterocycles. The first-order chi connectivity index (χ1) is 11.5. The highest BCUT2D eigenvalue weighted by Gasteiger charge is 2.08. The van der Waals surface area contributed by atoms with Gasteiger partial charge < -0.3 is 10.6 Å². The van der Waals surface area contributed by atoms with Gasteiger partial charge in [-0.3, -0.25) is 4.68 Å². The zero-order valence-corrected chi connectivity index (χ0v) is 15.5. The van der Waals surface area contributed by atoms with E-state index in [0.717, 1.165) is 31.2 Å². The summed E-state index contributed by atoms with van der Waals surface area (Å²) in [6, 6.07) is 8.68. The second-order valence-corrected chi connectivity index (χ2v) is 6.13. The summed E-state index contributed by atoms with van der Waals surface area (Å²) in [4.78, 5) is 4.71. The number of aryl methyl sites for hydroxylation is 3. The first kappa shape index (κ1) is 18.0. The summed E-state index contributed by atoms with van der Waals surface area (Å²) in [6.45, 7) is 10.7. The molecule has 0 radical (unpaired) electrons. The largest absolute Gasteiger partial charge is 0.357 e. The molecule has 0 spiro atoms. The van der Waals surface area contributed by atoms with Gasteiger partial charge >= 0.3 is 0 Å². The van der Waals surface area contributed by atoms with E-state index in [9.17, 15) is 0 Å². The van der Waals surface area contributed by atoms with Crippen molar-refractivity contribution in [1.82, 2.24) is 20.4 Å². The number of hydrogen-bond acceptors (Lipinski definition) is 2. The van der Waals surface area contributed by atoms with Crippen molar-refractivity contribution >= 4 is 5.96 Å². The molecule has 0 saturated carbocycles. The predicted octanol–water partition coefficient (Wildman–Crippen LogP) is 2.64. The van der Waals surface area contributed by atoms with Gasteiger partial charge in [0.1, 0.15) is 0 Å². The van der Waals surface area contributed by atoms with Gasteiger partial charge in [0.25, 0.3) is 0 Å². The van der Waals surface area contributed by atoms with Crippen LogP contribution >= 0.6 is 0 Å². The fourth-order valence-electron chi connectivity index (χ4n) is 2.63. The molecular formula is C19H29N5. The summed E-state index contributed by atoms with van der Waals surface area (Å²) in [5.74, 6) is 0.854. The molecule has 2 N–H and O–H groups in total. The molecule has 2 rings (SSSR count). The number of rotatable bonds is 6. The van der Waals surface area contributed by atoms with Gasteiger partial charge in [0.2, 0.25) is 0 Å². The number of nitrogens with zero attached hydrogens (tertiary/aromatic N) is 3. The van der Waals surface area contributed by atoms with Crippen LogP contribution in [0.5, 0.6) is 0 Å². The van der Waals surface area contributed by atoms with Crippen LogP contribution < -0.4 is 10.6 Å². The Hall–Kier alpha value is -2.30. The van der Waals surface area contributed by atoms with E-state index in [4.69, 9.17) is 4.99 Å². The van der Waals surface area contributed by atoms with Crippen molar-refractivity contribution in [3.8, 4) is 0 Å². The molecule has 0 unspecified atom stereocenters. The second-order valence-electron chi connectivity index (χ2n) is 6.13. The van der Waals surface area contributed by atoms with E-state index >= 15 is 0 Å². The summed E-state index contributed by atoms with van der Waals surface area (Å²) in [5, 5.41) is 11.2. The topological polar surface area (TPSA) is 54.2 Å². The Morgan fingerprint density at radius 2 is 1.83 bits per heavy atom. The monoisotopic (exact) mass is 327 g/mol. The average molecular weight is 327 g/mol. The van der Waals surface area contributed by atoms with Crippen LogP contribution in [0.4, 0.5) is 0 Å². The standard InChI is InChI=1S/C19H29N5/c1-6-20-19(21-12-11-17-9-7-14(2)8-10-17)22-13-18-15(3)23-24(5)16(18)4/h7-10H,6,11-13H2,1-5H3,(H2,20,21,22). The molecule has 0 amide bonds. The van der Waals surface area contributed by atoms with E-state index in [0.29, 0.717) is 6.54 Å². The smallest absolute Gasteiger partial charge is 0.191 e. The minimum Gasteiger partial charge on any atom is -0.357 e. The lowest BCUT2D eigenvalue weighted by molar-refractivity contribution is 0.730. The first-order valence-corrected chi connectivity index (χ1v) is 8.58. The Morgan fingerprint density at radius 1 is 1.12 bits per heavy atom. The molecule has 0 aliphatic carbocycles. The highest BCUT2D eigenvalue weighted by atomic mass is 15.3. The molecule has 5 nitrogen and oxygen atoms in total. The lowest BCUT2D eigenvalue weighted by Gasteiger charge is -2.11. The van der Waals surface area contributed by atoms with Crippen LogP contribution in [0.3, 0.4) is 0 Å². The molecule has 0 fully saturated rings. The van der Waals surface area contributed by atoms with Crippen LogP contribution in [-0.4, -0.2) is 28.8 Å². The molecule has 5 heteroatoms. The van der Waals surface area contributed by atoms with Gasteiger partial charge in [0, 0.05) is 31.4 Å². The summed E-state index contributed by atoms with van der Waals surface area (Å²) >= 11 is 0. The Kier molecular flexibility index (Phi) is 6.41. The normalized spacial score (nSPS) is 11.6. The van der Waals surface area contributed by atoms with Crippen molar-refractivity contribution in [2.24, 2.45) is 12.0 Å². The van der Waals surface area contributed by atoms with Gasteiger partial charge in [-0.25, -0.2) is 4.99 Å². The van der Waals surface area contributed by atoms with E-state index in [1.54, 1.807) is 0 Å². The lowest BCUT2D eigenvalue weighted by atomic mass is 10.1. The Balaban J connectivity index is 1.94. The van der Waals surface area contributed by atoms with E-state index in [1.165, 1.54) is 22.4 Å². The summed E-state index contributed by atoms with van der Waals surface area (Å²) in [7, 11) is 1.97. The number of benzene rings is 1. The SMILES string of the molecule is CCNC(=NCc1c(C)nn(C)c1C)NCCc1ccc(C)cc1. The molecule has 2 aromatic rings. The summed E-state index contributed by atoms with van der Waals surface area (Å²) in [5.41, 5.74) is 6.06. The van der Waals surface area contributed by atoms with Crippen molar-refractivity contribution in [3.63, 3.8) is 0 Å². The van der Waals surface area contributed by atoms with Gasteiger partial charge in [0.15, 0.2) is 5.96 Å². The number of aliphatic imine (C=N–C) groups is 1. The van der Waals surface area contributed by atoms with Crippen molar-refractivity contribution in [2.75, 3.05) is 13.1 Å². The van der Waals surface area contributed by atoms with Crippen molar-refractivity contribution in [2.45, 2.75) is 40.7 Å². The minimum atomic E-state index is 0.644. The van der Waals surface area contributed by atoms with Crippen LogP contribution in [0.25, 0.3) is 0 Å². The highest BCUT2D eigenvalue weighted by Crippen LogP contribution is 2.12. The Morgan fingerprint density at radius 3 is 2.42 bits per heavy atom. The second kappa shape index (κ2) is 8.52. The third-order valence-corrected chi connectivity index (χ3v) is 4.23. The van der Waals surface area contributed by atoms with E-state index < -0.39 is 0 Å². The van der Waals surface area contributed by atoms with Gasteiger partial charge in [-0.15, -0.1) is 0 Å². The molecule has 0 aliphatic rings. The van der Waals surface area contributed by atoms with E-state index in [1.807, 2.05) is 18.7 Å². The quantitative estimate of drug-likeness (QED) is 0.633. The van der Waals surface area contributed by atoms with E-state index in [2.05, 4.69) is 60.8 Å². The number of aromatic nitrogens is 2. The summed E-state index contributed by atoms with van der Waals surface area (Å²) < 4.78 is 1.91. The first-order valence-electron chi connectivity index (χ1n) is 8.58. The maximum absolute atomic E-state index is 4.71. The van der Waals surface area contributed by atoms with Crippen molar-refractivity contribution in [3.05, 3.63) is 52.3 Å². The maximum Gasteiger partial charge on any atom is 0.191 e. The molecule has 0 saturated heterocycles. The van der Waals surface area contributed by atoms with Gasteiger partial charge in [-0.2, -0.15) is 5.10 Å². The average Bonchev–Trinajstić information content (AvgIpc) is 2.80. The molecule has 1 aromatic heterocycles. The molecule has 24 heavy (non-hydrogen) atoms. The molecule has 0 bridgehead atoms. The van der Waals surface area contributed by atoms with Gasteiger partial charge in [-0.1, -0.05) is 29.8 Å². The van der Waals surface area contributed by atoms with Crippen LogP contribution in [0, 0.1) is 20.8 Å². The maximum atomic E-state index is 4.71. The van der Waals surface area contributed by atoms with E-state index in [-0.39, 0.29) is 0 Å². The number of hydrogen-bond donors (Lipinski definition) is 2. The number of nitrogens with one attached hydrogen (secondary N) is 2.